The van der Waals surface area contributed by atoms with Crippen LogP contribution in [0, 0.1) is 0 Å². The van der Waals surface area contributed by atoms with E-state index < -0.39 is 15.6 Å². The summed E-state index contributed by atoms with van der Waals surface area (Å²) in [7, 11) is -3.45. The minimum absolute atomic E-state index is 0.146. The van der Waals surface area contributed by atoms with E-state index in [-0.39, 0.29) is 11.7 Å². The number of halogens is 1. The van der Waals surface area contributed by atoms with Crippen molar-refractivity contribution < 1.29 is 13.2 Å². The van der Waals surface area contributed by atoms with Gasteiger partial charge in [0.25, 0.3) is 0 Å². The average molecular weight is 316 g/mol. The molecule has 0 atom stereocenters. The first-order valence-corrected chi connectivity index (χ1v) is 8.89. The highest BCUT2D eigenvalue weighted by Gasteiger charge is 2.23. The lowest BCUT2D eigenvalue weighted by molar-refractivity contribution is -0.129. The topological polar surface area (TPSA) is 54.5 Å². The number of rotatable bonds is 4. The Kier molecular flexibility index (Phi) is 5.05. The summed E-state index contributed by atoms with van der Waals surface area (Å²) in [5, 5.41) is 0.500. The third-order valence-corrected chi connectivity index (χ3v) is 5.02. The Labute approximate surface area is 124 Å². The Morgan fingerprint density at radius 3 is 2.55 bits per heavy atom. The van der Waals surface area contributed by atoms with E-state index in [1.165, 1.54) is 0 Å². The molecule has 2 rings (SSSR count). The number of piperidine rings is 1. The predicted octanol–water partition coefficient (Wildman–Crippen LogP) is 2.27. The maximum atomic E-state index is 12.1. The number of benzene rings is 1. The molecule has 1 fully saturated rings. The lowest BCUT2D eigenvalue weighted by atomic mass is 10.1. The summed E-state index contributed by atoms with van der Waals surface area (Å²) in [6, 6.07) is 6.72. The standard InChI is InChI=1S/C14H18ClNO3S/c15-13-6-4-5-12(9-13)10-20(18,19)11-14(17)16-7-2-1-3-8-16/h4-6,9H,1-3,7-8,10-11H2. The van der Waals surface area contributed by atoms with Crippen LogP contribution in [0.1, 0.15) is 24.8 Å². The van der Waals surface area contributed by atoms with E-state index in [1.807, 2.05) is 0 Å². The molecule has 1 heterocycles. The molecule has 1 aliphatic heterocycles. The molecule has 110 valence electrons. The molecule has 0 bridgehead atoms. The fraction of sp³-hybridized carbons (Fsp3) is 0.500. The highest BCUT2D eigenvalue weighted by atomic mass is 35.5. The SMILES string of the molecule is O=C(CS(=O)(=O)Cc1cccc(Cl)c1)N1CCCCC1. The van der Waals surface area contributed by atoms with E-state index in [9.17, 15) is 13.2 Å². The van der Waals surface area contributed by atoms with Gasteiger partial charge in [0.1, 0.15) is 5.75 Å². The van der Waals surface area contributed by atoms with Crippen molar-refractivity contribution in [3.8, 4) is 0 Å². The van der Waals surface area contributed by atoms with E-state index in [0.717, 1.165) is 19.3 Å². The van der Waals surface area contributed by atoms with Gasteiger partial charge in [0, 0.05) is 18.1 Å². The molecule has 0 spiro atoms. The smallest absolute Gasteiger partial charge is 0.237 e. The van der Waals surface area contributed by atoms with Gasteiger partial charge in [-0.2, -0.15) is 0 Å². The number of carbonyl (C=O) groups excluding carboxylic acids is 1. The van der Waals surface area contributed by atoms with Crippen molar-refractivity contribution in [1.82, 2.24) is 4.90 Å². The van der Waals surface area contributed by atoms with Crippen LogP contribution in [0.5, 0.6) is 0 Å². The Bertz CT molecular complexity index is 580. The zero-order valence-corrected chi connectivity index (χ0v) is 12.8. The number of nitrogens with zero attached hydrogens (tertiary/aromatic N) is 1. The number of hydrogen-bond donors (Lipinski definition) is 0. The van der Waals surface area contributed by atoms with Crippen molar-refractivity contribution in [3.63, 3.8) is 0 Å². The van der Waals surface area contributed by atoms with Crippen LogP contribution in [-0.4, -0.2) is 38.1 Å². The van der Waals surface area contributed by atoms with Crippen molar-refractivity contribution in [3.05, 3.63) is 34.9 Å². The maximum Gasteiger partial charge on any atom is 0.237 e. The summed E-state index contributed by atoms with van der Waals surface area (Å²) in [5.74, 6) is -0.848. The summed E-state index contributed by atoms with van der Waals surface area (Å²) in [6.07, 6.45) is 3.03. The molecule has 1 aromatic rings. The summed E-state index contributed by atoms with van der Waals surface area (Å²) < 4.78 is 24.1. The second-order valence-electron chi connectivity index (χ2n) is 5.10. The van der Waals surface area contributed by atoms with Crippen molar-refractivity contribution in [2.24, 2.45) is 0 Å². The molecule has 1 aliphatic rings. The van der Waals surface area contributed by atoms with Gasteiger partial charge in [0.2, 0.25) is 5.91 Å². The monoisotopic (exact) mass is 315 g/mol. The third-order valence-electron chi connectivity index (χ3n) is 3.33. The number of sulfone groups is 1. The van der Waals surface area contributed by atoms with E-state index in [1.54, 1.807) is 29.2 Å². The molecule has 0 aromatic heterocycles. The van der Waals surface area contributed by atoms with E-state index in [2.05, 4.69) is 0 Å². The van der Waals surface area contributed by atoms with Gasteiger partial charge in [-0.1, -0.05) is 23.7 Å². The van der Waals surface area contributed by atoms with Crippen LogP contribution in [-0.2, 0) is 20.4 Å². The van der Waals surface area contributed by atoms with Crippen molar-refractivity contribution in [2.75, 3.05) is 18.8 Å². The Morgan fingerprint density at radius 1 is 1.20 bits per heavy atom. The highest BCUT2D eigenvalue weighted by molar-refractivity contribution is 7.91. The molecular weight excluding hydrogens is 298 g/mol. The summed E-state index contributed by atoms with van der Waals surface area (Å²) in [6.45, 7) is 1.34. The largest absolute Gasteiger partial charge is 0.342 e. The van der Waals surface area contributed by atoms with Gasteiger partial charge >= 0.3 is 0 Å². The van der Waals surface area contributed by atoms with E-state index in [4.69, 9.17) is 11.6 Å². The summed E-state index contributed by atoms with van der Waals surface area (Å²) >= 11 is 5.83. The van der Waals surface area contributed by atoms with Crippen LogP contribution < -0.4 is 0 Å². The normalized spacial score (nSPS) is 16.1. The van der Waals surface area contributed by atoms with Crippen molar-refractivity contribution >= 4 is 27.3 Å². The number of carbonyl (C=O) groups is 1. The zero-order chi connectivity index (χ0) is 14.6. The van der Waals surface area contributed by atoms with Gasteiger partial charge in [-0.3, -0.25) is 4.79 Å². The zero-order valence-electron chi connectivity index (χ0n) is 11.2. The fourth-order valence-corrected chi connectivity index (χ4v) is 3.92. The van der Waals surface area contributed by atoms with Crippen molar-refractivity contribution in [1.29, 1.82) is 0 Å². The first kappa shape index (κ1) is 15.3. The molecular formula is C14H18ClNO3S. The van der Waals surface area contributed by atoms with Crippen LogP contribution in [0.15, 0.2) is 24.3 Å². The molecule has 1 aromatic carbocycles. The molecule has 0 aliphatic carbocycles. The molecule has 1 saturated heterocycles. The summed E-state index contributed by atoms with van der Waals surface area (Å²) in [4.78, 5) is 13.6. The van der Waals surface area contributed by atoms with Crippen LogP contribution in [0.25, 0.3) is 0 Å². The first-order chi connectivity index (χ1) is 9.46. The highest BCUT2D eigenvalue weighted by Crippen LogP contribution is 2.15. The van der Waals surface area contributed by atoms with Gasteiger partial charge in [0.05, 0.1) is 5.75 Å². The van der Waals surface area contributed by atoms with Crippen LogP contribution in [0.2, 0.25) is 5.02 Å². The quantitative estimate of drug-likeness (QED) is 0.856. The average Bonchev–Trinajstić information content (AvgIpc) is 2.38. The molecule has 20 heavy (non-hydrogen) atoms. The predicted molar refractivity (Wildman–Crippen MR) is 79.4 cm³/mol. The van der Waals surface area contributed by atoms with Crippen LogP contribution >= 0.6 is 11.6 Å². The van der Waals surface area contributed by atoms with Gasteiger partial charge in [-0.05, 0) is 37.0 Å². The number of hydrogen-bond acceptors (Lipinski definition) is 3. The Balaban J connectivity index is 1.98. The van der Waals surface area contributed by atoms with E-state index in [0.29, 0.717) is 23.7 Å². The molecule has 4 nitrogen and oxygen atoms in total. The minimum atomic E-state index is -3.45. The van der Waals surface area contributed by atoms with E-state index >= 15 is 0 Å². The number of amides is 1. The van der Waals surface area contributed by atoms with Gasteiger partial charge in [-0.15, -0.1) is 0 Å². The second-order valence-corrected chi connectivity index (χ2v) is 7.60. The maximum absolute atomic E-state index is 12.1. The third kappa shape index (κ3) is 4.49. The molecule has 6 heteroatoms. The Hall–Kier alpha value is -1.07. The lowest BCUT2D eigenvalue weighted by Gasteiger charge is -2.26. The van der Waals surface area contributed by atoms with Crippen LogP contribution in [0.3, 0.4) is 0 Å². The lowest BCUT2D eigenvalue weighted by Crippen LogP contribution is -2.39. The molecule has 0 saturated carbocycles. The fourth-order valence-electron chi connectivity index (χ4n) is 2.35. The first-order valence-electron chi connectivity index (χ1n) is 6.69. The molecule has 1 amide bonds. The number of likely N-dealkylation sites (tertiary alicyclic amines) is 1. The van der Waals surface area contributed by atoms with Crippen molar-refractivity contribution in [2.45, 2.75) is 25.0 Å². The van der Waals surface area contributed by atoms with Gasteiger partial charge in [0.15, 0.2) is 9.84 Å². The minimum Gasteiger partial charge on any atom is -0.342 e. The second kappa shape index (κ2) is 6.59. The molecule has 0 N–H and O–H groups in total. The Morgan fingerprint density at radius 2 is 1.90 bits per heavy atom. The van der Waals surface area contributed by atoms with Gasteiger partial charge < -0.3 is 4.90 Å². The van der Waals surface area contributed by atoms with Gasteiger partial charge in [-0.25, -0.2) is 8.42 Å². The van der Waals surface area contributed by atoms with Crippen LogP contribution in [0.4, 0.5) is 0 Å². The molecule has 0 unspecified atom stereocenters. The summed E-state index contributed by atoms with van der Waals surface area (Å²) in [5.41, 5.74) is 0.615. The molecule has 0 radical (unpaired) electrons.